The fourth-order valence-corrected chi connectivity index (χ4v) is 3.43. The Balaban J connectivity index is 1.63. The number of nitrogens with one attached hydrogen (secondary N) is 2. The van der Waals surface area contributed by atoms with Crippen LogP contribution >= 0.6 is 0 Å². The Labute approximate surface area is 143 Å². The van der Waals surface area contributed by atoms with E-state index in [9.17, 15) is 4.79 Å². The minimum Gasteiger partial charge on any atom is -0.380 e. The Bertz CT molecular complexity index is 1120. The van der Waals surface area contributed by atoms with E-state index in [-0.39, 0.29) is 5.78 Å². The van der Waals surface area contributed by atoms with Crippen LogP contribution in [0.2, 0.25) is 0 Å². The molecule has 0 saturated heterocycles. The quantitative estimate of drug-likeness (QED) is 0.529. The largest absolute Gasteiger partial charge is 0.380 e. The molecule has 0 spiro atoms. The molecule has 5 nitrogen and oxygen atoms in total. The van der Waals surface area contributed by atoms with Crippen molar-refractivity contribution in [2.75, 3.05) is 5.32 Å². The molecule has 4 aromatic rings. The highest BCUT2D eigenvalue weighted by molar-refractivity contribution is 6.27. The normalized spacial score (nSPS) is 12.2. The molecule has 0 saturated carbocycles. The Morgan fingerprint density at radius 2 is 1.76 bits per heavy atom. The molecule has 1 aliphatic rings. The fourth-order valence-electron chi connectivity index (χ4n) is 3.43. The van der Waals surface area contributed by atoms with Crippen molar-refractivity contribution in [1.29, 1.82) is 0 Å². The second kappa shape index (κ2) is 5.27. The minimum absolute atomic E-state index is 0.0346. The van der Waals surface area contributed by atoms with Gasteiger partial charge < -0.3 is 5.32 Å². The van der Waals surface area contributed by atoms with Gasteiger partial charge in [-0.25, -0.2) is 0 Å². The molecule has 2 N–H and O–H groups in total. The summed E-state index contributed by atoms with van der Waals surface area (Å²) in [5, 5.41) is 11.8. The number of rotatable bonds is 3. The average molecular weight is 326 g/mol. The zero-order valence-corrected chi connectivity index (χ0v) is 13.3. The molecule has 5 heteroatoms. The Hall–Kier alpha value is -3.47. The first-order chi connectivity index (χ1) is 12.3. The molecule has 0 fully saturated rings. The van der Waals surface area contributed by atoms with Crippen molar-refractivity contribution >= 4 is 22.4 Å². The highest BCUT2D eigenvalue weighted by Gasteiger charge is 2.29. The highest BCUT2D eigenvalue weighted by Crippen LogP contribution is 2.40. The van der Waals surface area contributed by atoms with E-state index in [0.717, 1.165) is 33.4 Å². The number of aromatic nitrogens is 3. The number of aromatic amines is 1. The maximum atomic E-state index is 13.1. The third kappa shape index (κ3) is 2.06. The van der Waals surface area contributed by atoms with Gasteiger partial charge in [-0.3, -0.25) is 14.9 Å². The Kier molecular flexibility index (Phi) is 2.94. The lowest BCUT2D eigenvalue weighted by molar-refractivity contribution is 0.104. The molecular weight excluding hydrogens is 312 g/mol. The number of hydrogen-bond donors (Lipinski definition) is 2. The van der Waals surface area contributed by atoms with Crippen LogP contribution in [0.5, 0.6) is 0 Å². The summed E-state index contributed by atoms with van der Waals surface area (Å²) in [6.07, 6.45) is 3.53. The number of pyridine rings is 1. The first-order valence-corrected chi connectivity index (χ1v) is 8.11. The van der Waals surface area contributed by atoms with Crippen LogP contribution in [0.15, 0.2) is 60.9 Å². The molecule has 25 heavy (non-hydrogen) atoms. The van der Waals surface area contributed by atoms with Crippen molar-refractivity contribution in [3.8, 4) is 11.3 Å². The Morgan fingerprint density at radius 1 is 0.960 bits per heavy atom. The third-order valence-electron chi connectivity index (χ3n) is 4.61. The molecule has 2 aromatic heterocycles. The van der Waals surface area contributed by atoms with Gasteiger partial charge in [-0.2, -0.15) is 5.10 Å². The van der Waals surface area contributed by atoms with Gasteiger partial charge in [0.1, 0.15) is 5.69 Å². The van der Waals surface area contributed by atoms with E-state index in [2.05, 4.69) is 20.5 Å². The topological polar surface area (TPSA) is 70.7 Å². The molecule has 0 amide bonds. The van der Waals surface area contributed by atoms with Gasteiger partial charge in [-0.15, -0.1) is 0 Å². The monoisotopic (exact) mass is 326 g/mol. The molecule has 0 radical (unpaired) electrons. The van der Waals surface area contributed by atoms with Gasteiger partial charge in [0.15, 0.2) is 5.78 Å². The van der Waals surface area contributed by atoms with Crippen LogP contribution in [0.3, 0.4) is 0 Å². The molecule has 0 bridgehead atoms. The summed E-state index contributed by atoms with van der Waals surface area (Å²) in [5.74, 6) is 0.0346. The molecule has 2 heterocycles. The van der Waals surface area contributed by atoms with Crippen LogP contribution in [-0.2, 0) is 6.54 Å². The average Bonchev–Trinajstić information content (AvgIpc) is 3.10. The number of ketones is 1. The smallest absolute Gasteiger partial charge is 0.196 e. The SMILES string of the molecule is O=C1c2c(NCc3ccncc3)cccc2-c2n[nH]c3cccc1c23. The number of fused-ring (bicyclic) bond motifs is 2. The van der Waals surface area contributed by atoms with E-state index in [0.29, 0.717) is 17.7 Å². The predicted molar refractivity (Wildman–Crippen MR) is 96.5 cm³/mol. The zero-order chi connectivity index (χ0) is 16.8. The number of carbonyl (C=O) groups is 1. The van der Waals surface area contributed by atoms with Crippen LogP contribution in [0.25, 0.3) is 22.2 Å². The van der Waals surface area contributed by atoms with Crippen LogP contribution < -0.4 is 5.32 Å². The summed E-state index contributed by atoms with van der Waals surface area (Å²) < 4.78 is 0. The van der Waals surface area contributed by atoms with Gasteiger partial charge in [0, 0.05) is 41.1 Å². The summed E-state index contributed by atoms with van der Waals surface area (Å²) in [5.41, 5.74) is 5.92. The van der Waals surface area contributed by atoms with Gasteiger partial charge in [-0.05, 0) is 29.8 Å². The van der Waals surface area contributed by atoms with E-state index in [1.54, 1.807) is 12.4 Å². The van der Waals surface area contributed by atoms with E-state index < -0.39 is 0 Å². The maximum Gasteiger partial charge on any atom is 0.196 e. The minimum atomic E-state index is 0.0346. The lowest BCUT2D eigenvalue weighted by Crippen LogP contribution is -2.13. The summed E-state index contributed by atoms with van der Waals surface area (Å²) in [6, 6.07) is 15.5. The van der Waals surface area contributed by atoms with Gasteiger partial charge in [-0.1, -0.05) is 24.3 Å². The number of hydrogen-bond acceptors (Lipinski definition) is 4. The second-order valence-corrected chi connectivity index (χ2v) is 6.07. The molecule has 120 valence electrons. The number of H-pyrrole nitrogens is 1. The van der Waals surface area contributed by atoms with Crippen molar-refractivity contribution in [3.05, 3.63) is 77.6 Å². The number of nitrogens with zero attached hydrogens (tertiary/aromatic N) is 2. The van der Waals surface area contributed by atoms with Gasteiger partial charge in [0.05, 0.1) is 11.1 Å². The molecule has 1 aliphatic carbocycles. The van der Waals surface area contributed by atoms with Gasteiger partial charge in [0.2, 0.25) is 0 Å². The first kappa shape index (κ1) is 13.9. The molecular formula is C20H14N4O. The summed E-state index contributed by atoms with van der Waals surface area (Å²) in [6.45, 7) is 0.629. The van der Waals surface area contributed by atoms with Crippen LogP contribution in [0.4, 0.5) is 5.69 Å². The fraction of sp³-hybridized carbons (Fsp3) is 0.0500. The number of carbonyl (C=O) groups excluding carboxylic acids is 1. The van der Waals surface area contributed by atoms with E-state index >= 15 is 0 Å². The summed E-state index contributed by atoms with van der Waals surface area (Å²) in [7, 11) is 0. The molecule has 0 aliphatic heterocycles. The third-order valence-corrected chi connectivity index (χ3v) is 4.61. The van der Waals surface area contributed by atoms with E-state index in [1.807, 2.05) is 48.5 Å². The zero-order valence-electron chi connectivity index (χ0n) is 13.3. The van der Waals surface area contributed by atoms with E-state index in [1.165, 1.54) is 0 Å². The van der Waals surface area contributed by atoms with Crippen LogP contribution in [-0.4, -0.2) is 21.0 Å². The lowest BCUT2D eigenvalue weighted by Gasteiger charge is -2.19. The molecule has 0 unspecified atom stereocenters. The van der Waals surface area contributed by atoms with Crippen LogP contribution in [0, 0.1) is 0 Å². The molecule has 2 aromatic carbocycles. The van der Waals surface area contributed by atoms with Crippen LogP contribution in [0.1, 0.15) is 21.5 Å². The van der Waals surface area contributed by atoms with Crippen molar-refractivity contribution in [3.63, 3.8) is 0 Å². The van der Waals surface area contributed by atoms with Gasteiger partial charge >= 0.3 is 0 Å². The number of benzene rings is 2. The lowest BCUT2D eigenvalue weighted by atomic mass is 9.86. The van der Waals surface area contributed by atoms with Crippen molar-refractivity contribution in [2.45, 2.75) is 6.54 Å². The second-order valence-electron chi connectivity index (χ2n) is 6.07. The molecule has 0 atom stereocenters. The predicted octanol–water partition coefficient (Wildman–Crippen LogP) is 3.78. The van der Waals surface area contributed by atoms with E-state index in [4.69, 9.17) is 0 Å². The first-order valence-electron chi connectivity index (χ1n) is 8.11. The highest BCUT2D eigenvalue weighted by atomic mass is 16.1. The number of anilines is 1. The standard InChI is InChI=1S/C20H14N4O/c25-20-14-4-2-6-16-17(14)19(24-23-16)13-3-1-5-15(18(13)20)22-11-12-7-9-21-10-8-12/h1-10,22H,11H2,(H,23,24). The van der Waals surface area contributed by atoms with Crippen molar-refractivity contribution in [1.82, 2.24) is 15.2 Å². The molecule has 5 rings (SSSR count). The van der Waals surface area contributed by atoms with Gasteiger partial charge in [0.25, 0.3) is 0 Å². The maximum absolute atomic E-state index is 13.1. The summed E-state index contributed by atoms with van der Waals surface area (Å²) in [4.78, 5) is 17.2. The Morgan fingerprint density at radius 3 is 2.64 bits per heavy atom. The van der Waals surface area contributed by atoms with Crippen molar-refractivity contribution in [2.24, 2.45) is 0 Å². The van der Waals surface area contributed by atoms with Crippen molar-refractivity contribution < 1.29 is 4.79 Å². The summed E-state index contributed by atoms with van der Waals surface area (Å²) >= 11 is 0.